The van der Waals surface area contributed by atoms with E-state index in [0.717, 1.165) is 10.7 Å². The van der Waals surface area contributed by atoms with E-state index in [-0.39, 0.29) is 17.3 Å². The van der Waals surface area contributed by atoms with Gasteiger partial charge in [-0.25, -0.2) is 12.8 Å². The van der Waals surface area contributed by atoms with Crippen molar-refractivity contribution in [3.63, 3.8) is 0 Å². The zero-order chi connectivity index (χ0) is 14.8. The van der Waals surface area contributed by atoms with Crippen LogP contribution in [-0.2, 0) is 16.4 Å². The van der Waals surface area contributed by atoms with Crippen molar-refractivity contribution in [2.24, 2.45) is 0 Å². The van der Waals surface area contributed by atoms with E-state index in [1.165, 1.54) is 18.2 Å². The summed E-state index contributed by atoms with van der Waals surface area (Å²) in [6.45, 7) is 0.0729. The molecular weight excluding hydrogens is 347 g/mol. The molecule has 0 amide bonds. The molecule has 0 heterocycles. The Morgan fingerprint density at radius 3 is 2.40 bits per heavy atom. The van der Waals surface area contributed by atoms with Crippen LogP contribution in [0.15, 0.2) is 51.8 Å². The molecule has 106 valence electrons. The molecule has 0 bridgehead atoms. The fourth-order valence-corrected chi connectivity index (χ4v) is 2.64. The lowest BCUT2D eigenvalue weighted by atomic mass is 10.2. The quantitative estimate of drug-likeness (QED) is 0.838. The van der Waals surface area contributed by atoms with Crippen molar-refractivity contribution in [1.29, 1.82) is 0 Å². The lowest BCUT2D eigenvalue weighted by Gasteiger charge is -2.08. The normalized spacial score (nSPS) is 11.3. The molecule has 0 aliphatic heterocycles. The van der Waals surface area contributed by atoms with Crippen molar-refractivity contribution >= 4 is 25.8 Å². The third kappa shape index (κ3) is 3.80. The van der Waals surface area contributed by atoms with Gasteiger partial charge in [-0.3, -0.25) is 0 Å². The van der Waals surface area contributed by atoms with Crippen LogP contribution in [-0.4, -0.2) is 14.7 Å². The Morgan fingerprint density at radius 1 is 1.15 bits per heavy atom. The first kappa shape index (κ1) is 15.0. The highest BCUT2D eigenvalue weighted by molar-refractivity contribution is 9.10. The summed E-state index contributed by atoms with van der Waals surface area (Å²) in [6.07, 6.45) is 1.14. The number of rotatable bonds is 4. The first-order valence-electron chi connectivity index (χ1n) is 5.73. The number of sulfone groups is 1. The van der Waals surface area contributed by atoms with Crippen molar-refractivity contribution in [3.8, 4) is 5.75 Å². The zero-order valence-corrected chi connectivity index (χ0v) is 13.0. The fraction of sp³-hybridized carbons (Fsp3) is 0.143. The van der Waals surface area contributed by atoms with Crippen LogP contribution in [0, 0.1) is 5.82 Å². The van der Waals surface area contributed by atoms with Gasteiger partial charge in [-0.15, -0.1) is 0 Å². The third-order valence-electron chi connectivity index (χ3n) is 2.65. The average Bonchev–Trinajstić information content (AvgIpc) is 2.39. The Bertz CT molecular complexity index is 712. The molecule has 20 heavy (non-hydrogen) atoms. The van der Waals surface area contributed by atoms with E-state index in [9.17, 15) is 12.8 Å². The molecule has 0 radical (unpaired) electrons. The molecule has 2 aromatic rings. The maximum atomic E-state index is 13.5. The lowest BCUT2D eigenvalue weighted by molar-refractivity contribution is 0.299. The first-order valence-corrected chi connectivity index (χ1v) is 8.41. The van der Waals surface area contributed by atoms with E-state index in [1.807, 2.05) is 0 Å². The van der Waals surface area contributed by atoms with Crippen LogP contribution in [0.1, 0.15) is 5.56 Å². The molecule has 0 aliphatic carbocycles. The second-order valence-electron chi connectivity index (χ2n) is 4.27. The Morgan fingerprint density at radius 2 is 1.80 bits per heavy atom. The summed E-state index contributed by atoms with van der Waals surface area (Å²) in [5.74, 6) is 0.137. The number of hydrogen-bond donors (Lipinski definition) is 0. The van der Waals surface area contributed by atoms with Gasteiger partial charge in [-0.1, -0.05) is 15.9 Å². The lowest BCUT2D eigenvalue weighted by Crippen LogP contribution is -2.00. The predicted octanol–water partition coefficient (Wildman–Crippen LogP) is 3.57. The van der Waals surface area contributed by atoms with E-state index >= 15 is 0 Å². The summed E-state index contributed by atoms with van der Waals surface area (Å²) in [4.78, 5) is 0.221. The summed E-state index contributed by atoms with van der Waals surface area (Å²) in [5, 5.41) is 0. The van der Waals surface area contributed by atoms with E-state index in [1.54, 1.807) is 24.3 Å². The van der Waals surface area contributed by atoms with Crippen LogP contribution in [0.5, 0.6) is 5.75 Å². The van der Waals surface area contributed by atoms with Gasteiger partial charge < -0.3 is 4.74 Å². The van der Waals surface area contributed by atoms with Crippen LogP contribution < -0.4 is 4.74 Å². The van der Waals surface area contributed by atoms with Gasteiger partial charge >= 0.3 is 0 Å². The summed E-state index contributed by atoms with van der Waals surface area (Å²) >= 11 is 3.26. The fourth-order valence-electron chi connectivity index (χ4n) is 1.60. The number of benzene rings is 2. The second kappa shape index (κ2) is 5.93. The number of halogens is 2. The first-order chi connectivity index (χ1) is 9.36. The molecule has 0 saturated carbocycles. The van der Waals surface area contributed by atoms with Gasteiger partial charge in [0.2, 0.25) is 0 Å². The molecule has 6 heteroatoms. The van der Waals surface area contributed by atoms with E-state index in [4.69, 9.17) is 4.74 Å². The van der Waals surface area contributed by atoms with Crippen LogP contribution >= 0.6 is 15.9 Å². The Kier molecular flexibility index (Phi) is 4.45. The molecule has 2 rings (SSSR count). The molecule has 0 saturated heterocycles. The summed E-state index contributed by atoms with van der Waals surface area (Å²) in [5.41, 5.74) is 0.423. The molecule has 0 aromatic heterocycles. The Hall–Kier alpha value is -1.40. The minimum absolute atomic E-state index is 0.0729. The van der Waals surface area contributed by atoms with Crippen LogP contribution in [0.25, 0.3) is 0 Å². The molecule has 0 aliphatic rings. The van der Waals surface area contributed by atoms with E-state index in [2.05, 4.69) is 15.9 Å². The maximum absolute atomic E-state index is 13.5. The molecule has 0 fully saturated rings. The largest absolute Gasteiger partial charge is 0.489 e. The molecular formula is C14H12BrFO3S. The van der Waals surface area contributed by atoms with E-state index in [0.29, 0.717) is 11.3 Å². The predicted molar refractivity (Wildman–Crippen MR) is 78.0 cm³/mol. The maximum Gasteiger partial charge on any atom is 0.175 e. The standard InChI is InChI=1S/C14H12BrFO3S/c1-20(17,18)13-5-3-12(4-6-13)19-9-10-8-11(15)2-7-14(10)16/h2-8H,9H2,1H3. The van der Waals surface area contributed by atoms with Crippen molar-refractivity contribution in [2.75, 3.05) is 6.26 Å². The van der Waals surface area contributed by atoms with E-state index < -0.39 is 9.84 Å². The van der Waals surface area contributed by atoms with Crippen LogP contribution in [0.3, 0.4) is 0 Å². The van der Waals surface area contributed by atoms with Gasteiger partial charge in [0.05, 0.1) is 4.90 Å². The minimum atomic E-state index is -3.22. The monoisotopic (exact) mass is 358 g/mol. The highest BCUT2D eigenvalue weighted by atomic mass is 79.9. The van der Waals surface area contributed by atoms with Crippen molar-refractivity contribution in [2.45, 2.75) is 11.5 Å². The molecule has 3 nitrogen and oxygen atoms in total. The average molecular weight is 359 g/mol. The molecule has 0 unspecified atom stereocenters. The van der Waals surface area contributed by atoms with Gasteiger partial charge in [0, 0.05) is 16.3 Å². The number of ether oxygens (including phenoxy) is 1. The zero-order valence-electron chi connectivity index (χ0n) is 10.6. The van der Waals surface area contributed by atoms with Crippen LogP contribution in [0.4, 0.5) is 4.39 Å². The molecule has 0 spiro atoms. The SMILES string of the molecule is CS(=O)(=O)c1ccc(OCc2cc(Br)ccc2F)cc1. The van der Waals surface area contributed by atoms with Gasteiger partial charge in [-0.2, -0.15) is 0 Å². The second-order valence-corrected chi connectivity index (χ2v) is 7.20. The molecule has 0 N–H and O–H groups in total. The minimum Gasteiger partial charge on any atom is -0.489 e. The summed E-state index contributed by atoms with van der Waals surface area (Å²) in [6, 6.07) is 10.6. The smallest absolute Gasteiger partial charge is 0.175 e. The van der Waals surface area contributed by atoms with Gasteiger partial charge in [0.25, 0.3) is 0 Å². The number of hydrogen-bond acceptors (Lipinski definition) is 3. The highest BCUT2D eigenvalue weighted by Gasteiger charge is 2.07. The summed E-state index contributed by atoms with van der Waals surface area (Å²) in [7, 11) is -3.22. The molecule has 0 atom stereocenters. The highest BCUT2D eigenvalue weighted by Crippen LogP contribution is 2.20. The van der Waals surface area contributed by atoms with Crippen LogP contribution in [0.2, 0.25) is 0 Å². The van der Waals surface area contributed by atoms with Crippen molar-refractivity contribution < 1.29 is 17.5 Å². The third-order valence-corrected chi connectivity index (χ3v) is 4.28. The topological polar surface area (TPSA) is 43.4 Å². The Balaban J connectivity index is 2.10. The van der Waals surface area contributed by atoms with Gasteiger partial charge in [0.15, 0.2) is 9.84 Å². The van der Waals surface area contributed by atoms with Crippen molar-refractivity contribution in [1.82, 2.24) is 0 Å². The van der Waals surface area contributed by atoms with Gasteiger partial charge in [-0.05, 0) is 42.5 Å². The Labute approximate surface area is 125 Å². The van der Waals surface area contributed by atoms with Gasteiger partial charge in [0.1, 0.15) is 18.2 Å². The van der Waals surface area contributed by atoms with Crippen molar-refractivity contribution in [3.05, 3.63) is 58.3 Å². The molecule has 2 aromatic carbocycles. The summed E-state index contributed by atoms with van der Waals surface area (Å²) < 4.78 is 42.3.